The molecule has 0 unspecified atom stereocenters. The van der Waals surface area contributed by atoms with Gasteiger partial charge in [-0.3, -0.25) is 0 Å². The van der Waals surface area contributed by atoms with Crippen LogP contribution >= 0.6 is 0 Å². The van der Waals surface area contributed by atoms with Gasteiger partial charge in [0.1, 0.15) is 5.82 Å². The number of aromatic nitrogens is 2. The van der Waals surface area contributed by atoms with E-state index >= 15 is 0 Å². The summed E-state index contributed by atoms with van der Waals surface area (Å²) in [6.45, 7) is 5.24. The molecule has 0 saturated heterocycles. The maximum Gasteiger partial charge on any atom is 0.139 e. The first-order valence-corrected chi connectivity index (χ1v) is 6.19. The first-order chi connectivity index (χ1) is 8.42. The molecule has 1 aromatic carbocycles. The first kappa shape index (κ1) is 11.9. The van der Waals surface area contributed by atoms with E-state index in [1.807, 2.05) is 30.6 Å². The summed E-state index contributed by atoms with van der Waals surface area (Å²) in [5.74, 6) is 1.06. The Morgan fingerprint density at radius 1 is 1.24 bits per heavy atom. The molecule has 0 aliphatic carbocycles. The molecule has 3 nitrogen and oxygen atoms in total. The van der Waals surface area contributed by atoms with Crippen LogP contribution in [0.15, 0.2) is 42.7 Å². The second kappa shape index (κ2) is 6.21. The van der Waals surface area contributed by atoms with Crippen LogP contribution in [0.25, 0.3) is 11.4 Å². The Morgan fingerprint density at radius 2 is 2.06 bits per heavy atom. The standard InChI is InChI=1S/C14H19N3/c1-2-15-9-6-11-17-12-10-16-14(17)13-7-4-3-5-8-13/h3-5,7-8,10,12,15H,2,6,9,11H2,1H3. The van der Waals surface area contributed by atoms with Gasteiger partial charge in [0, 0.05) is 24.5 Å². The van der Waals surface area contributed by atoms with Crippen molar-refractivity contribution in [1.82, 2.24) is 14.9 Å². The van der Waals surface area contributed by atoms with E-state index in [9.17, 15) is 0 Å². The van der Waals surface area contributed by atoms with E-state index < -0.39 is 0 Å². The van der Waals surface area contributed by atoms with Crippen LogP contribution in [0, 0.1) is 0 Å². The smallest absolute Gasteiger partial charge is 0.139 e. The van der Waals surface area contributed by atoms with Gasteiger partial charge in [-0.25, -0.2) is 4.98 Å². The Kier molecular flexibility index (Phi) is 4.33. The highest BCUT2D eigenvalue weighted by Gasteiger charge is 2.04. The van der Waals surface area contributed by atoms with Crippen molar-refractivity contribution in [2.75, 3.05) is 13.1 Å². The van der Waals surface area contributed by atoms with Crippen molar-refractivity contribution < 1.29 is 0 Å². The van der Waals surface area contributed by atoms with Crippen molar-refractivity contribution in [2.24, 2.45) is 0 Å². The normalized spacial score (nSPS) is 10.6. The molecule has 2 aromatic rings. The van der Waals surface area contributed by atoms with Gasteiger partial charge in [0.15, 0.2) is 0 Å². The van der Waals surface area contributed by atoms with Crippen LogP contribution in [0.2, 0.25) is 0 Å². The first-order valence-electron chi connectivity index (χ1n) is 6.19. The molecular weight excluding hydrogens is 210 g/mol. The Bertz CT molecular complexity index is 434. The third-order valence-electron chi connectivity index (χ3n) is 2.75. The van der Waals surface area contributed by atoms with Crippen LogP contribution in [0.3, 0.4) is 0 Å². The average Bonchev–Trinajstić information content (AvgIpc) is 2.84. The Morgan fingerprint density at radius 3 is 2.82 bits per heavy atom. The molecule has 0 atom stereocenters. The minimum atomic E-state index is 1.01. The minimum Gasteiger partial charge on any atom is -0.331 e. The zero-order valence-corrected chi connectivity index (χ0v) is 10.3. The number of aryl methyl sites for hydroxylation is 1. The van der Waals surface area contributed by atoms with Crippen LogP contribution in [0.4, 0.5) is 0 Å². The maximum atomic E-state index is 4.43. The van der Waals surface area contributed by atoms with Crippen molar-refractivity contribution in [2.45, 2.75) is 19.9 Å². The molecule has 1 N–H and O–H groups in total. The molecule has 0 saturated carbocycles. The lowest BCUT2D eigenvalue weighted by molar-refractivity contribution is 0.595. The van der Waals surface area contributed by atoms with Crippen LogP contribution in [-0.4, -0.2) is 22.6 Å². The molecule has 0 amide bonds. The summed E-state index contributed by atoms with van der Waals surface area (Å²) in [5, 5.41) is 3.34. The van der Waals surface area contributed by atoms with Gasteiger partial charge in [-0.15, -0.1) is 0 Å². The number of hydrogen-bond donors (Lipinski definition) is 1. The molecule has 0 radical (unpaired) electrons. The lowest BCUT2D eigenvalue weighted by Gasteiger charge is -2.08. The summed E-state index contributed by atoms with van der Waals surface area (Å²) in [6.07, 6.45) is 5.05. The summed E-state index contributed by atoms with van der Waals surface area (Å²) in [4.78, 5) is 4.43. The fourth-order valence-corrected chi connectivity index (χ4v) is 1.89. The second-order valence-corrected chi connectivity index (χ2v) is 4.02. The molecule has 3 heteroatoms. The van der Waals surface area contributed by atoms with Gasteiger partial charge in [0.05, 0.1) is 0 Å². The minimum absolute atomic E-state index is 1.01. The topological polar surface area (TPSA) is 29.9 Å². The van der Waals surface area contributed by atoms with Crippen molar-refractivity contribution in [3.8, 4) is 11.4 Å². The van der Waals surface area contributed by atoms with Crippen molar-refractivity contribution in [1.29, 1.82) is 0 Å². The van der Waals surface area contributed by atoms with Crippen molar-refractivity contribution >= 4 is 0 Å². The number of nitrogens with one attached hydrogen (secondary N) is 1. The van der Waals surface area contributed by atoms with Crippen LogP contribution in [0.1, 0.15) is 13.3 Å². The molecule has 0 aliphatic rings. The predicted molar refractivity (Wildman–Crippen MR) is 70.8 cm³/mol. The van der Waals surface area contributed by atoms with E-state index in [0.717, 1.165) is 31.9 Å². The van der Waals surface area contributed by atoms with E-state index in [1.165, 1.54) is 5.56 Å². The van der Waals surface area contributed by atoms with E-state index in [4.69, 9.17) is 0 Å². The summed E-state index contributed by atoms with van der Waals surface area (Å²) >= 11 is 0. The quantitative estimate of drug-likeness (QED) is 0.771. The van der Waals surface area contributed by atoms with Crippen LogP contribution < -0.4 is 5.32 Å². The molecule has 2 rings (SSSR count). The number of rotatable bonds is 6. The highest BCUT2D eigenvalue weighted by atomic mass is 15.1. The van der Waals surface area contributed by atoms with Crippen molar-refractivity contribution in [3.05, 3.63) is 42.7 Å². The van der Waals surface area contributed by atoms with E-state index in [1.54, 1.807) is 0 Å². The molecular formula is C14H19N3. The summed E-state index contributed by atoms with van der Waals surface area (Å²) in [7, 11) is 0. The Balaban J connectivity index is 2.02. The number of imidazole rings is 1. The fourth-order valence-electron chi connectivity index (χ4n) is 1.89. The molecule has 1 aromatic heterocycles. The van der Waals surface area contributed by atoms with Gasteiger partial charge < -0.3 is 9.88 Å². The fraction of sp³-hybridized carbons (Fsp3) is 0.357. The average molecular weight is 229 g/mol. The van der Waals surface area contributed by atoms with Crippen LogP contribution in [-0.2, 0) is 6.54 Å². The van der Waals surface area contributed by atoms with E-state index in [-0.39, 0.29) is 0 Å². The number of benzene rings is 1. The summed E-state index contributed by atoms with van der Waals surface area (Å²) in [5.41, 5.74) is 1.18. The molecule has 90 valence electrons. The monoisotopic (exact) mass is 229 g/mol. The van der Waals surface area contributed by atoms with Gasteiger partial charge in [-0.05, 0) is 19.5 Å². The van der Waals surface area contributed by atoms with Crippen LogP contribution in [0.5, 0.6) is 0 Å². The zero-order valence-electron chi connectivity index (χ0n) is 10.3. The molecule has 1 heterocycles. The maximum absolute atomic E-state index is 4.43. The molecule has 0 spiro atoms. The zero-order chi connectivity index (χ0) is 11.9. The SMILES string of the molecule is CCNCCCn1ccnc1-c1ccccc1. The largest absolute Gasteiger partial charge is 0.331 e. The van der Waals surface area contributed by atoms with Crippen molar-refractivity contribution in [3.63, 3.8) is 0 Å². The van der Waals surface area contributed by atoms with E-state index in [0.29, 0.717) is 0 Å². The highest BCUT2D eigenvalue weighted by molar-refractivity contribution is 5.54. The third kappa shape index (κ3) is 3.17. The lowest BCUT2D eigenvalue weighted by atomic mass is 10.2. The third-order valence-corrected chi connectivity index (χ3v) is 2.75. The summed E-state index contributed by atoms with van der Waals surface area (Å²) in [6, 6.07) is 10.3. The predicted octanol–water partition coefficient (Wildman–Crippen LogP) is 2.55. The van der Waals surface area contributed by atoms with Gasteiger partial charge in [-0.2, -0.15) is 0 Å². The lowest BCUT2D eigenvalue weighted by Crippen LogP contribution is -2.16. The molecule has 0 aliphatic heterocycles. The van der Waals surface area contributed by atoms with Gasteiger partial charge in [0.25, 0.3) is 0 Å². The molecule has 0 bridgehead atoms. The van der Waals surface area contributed by atoms with Gasteiger partial charge >= 0.3 is 0 Å². The number of hydrogen-bond acceptors (Lipinski definition) is 2. The Hall–Kier alpha value is -1.61. The summed E-state index contributed by atoms with van der Waals surface area (Å²) < 4.78 is 2.21. The van der Waals surface area contributed by atoms with Gasteiger partial charge in [-0.1, -0.05) is 37.3 Å². The highest BCUT2D eigenvalue weighted by Crippen LogP contribution is 2.16. The number of nitrogens with zero attached hydrogens (tertiary/aromatic N) is 2. The molecule has 17 heavy (non-hydrogen) atoms. The Labute approximate surface area is 103 Å². The second-order valence-electron chi connectivity index (χ2n) is 4.02. The molecule has 0 fully saturated rings. The van der Waals surface area contributed by atoms with Gasteiger partial charge in [0.2, 0.25) is 0 Å². The van der Waals surface area contributed by atoms with E-state index in [2.05, 4.69) is 33.9 Å².